The molecule has 0 N–H and O–H groups in total. The summed E-state index contributed by atoms with van der Waals surface area (Å²) in [4.78, 5) is 0. The third kappa shape index (κ3) is 17.5. The first-order valence-electron chi connectivity index (χ1n) is 24.9. The van der Waals surface area contributed by atoms with Gasteiger partial charge in [0.2, 0.25) is 0 Å². The molecule has 12 rings (SSSR count). The first-order valence-corrected chi connectivity index (χ1v) is 34.3. The van der Waals surface area contributed by atoms with Gasteiger partial charge in [0.05, 0.1) is 0 Å². The van der Waals surface area contributed by atoms with Crippen LogP contribution in [-0.2, 0) is 48.5 Å². The smallest absolute Gasteiger partial charge is 0.0771 e. The van der Waals surface area contributed by atoms with Crippen molar-refractivity contribution >= 4 is 65.6 Å². The number of hydrogen-bond acceptors (Lipinski definition) is 0. The molecule has 74 heavy (non-hydrogen) atoms. The molecule has 0 unspecified atom stereocenters. The minimum atomic E-state index is -1.01. The number of allylic oxidation sites excluding steroid dienone is 8. The molecule has 0 nitrogen and oxygen atoms in total. The summed E-state index contributed by atoms with van der Waals surface area (Å²) in [5.41, 5.74) is 5.32. The van der Waals surface area contributed by atoms with Crippen molar-refractivity contribution in [3.05, 3.63) is 300 Å². The average molecular weight is 1190 g/mol. The van der Waals surface area contributed by atoms with E-state index in [1.54, 1.807) is 0 Å². The van der Waals surface area contributed by atoms with Crippen molar-refractivity contribution < 1.29 is 73.3 Å². The topological polar surface area (TPSA) is 0 Å². The molecule has 0 radical (unpaired) electrons. The molecule has 0 fully saturated rings. The van der Waals surface area contributed by atoms with Crippen LogP contribution in [-0.4, -0.2) is 22.6 Å². The van der Waals surface area contributed by atoms with E-state index in [1.807, 2.05) is 0 Å². The fraction of sp³-hybridized carbons (Fsp3) is 0.118. The van der Waals surface area contributed by atoms with Crippen molar-refractivity contribution in [3.63, 3.8) is 0 Å². The van der Waals surface area contributed by atoms with Crippen LogP contribution in [0.3, 0.4) is 0 Å². The predicted molar refractivity (Wildman–Crippen MR) is 314 cm³/mol. The Bertz CT molecular complexity index is 3030. The van der Waals surface area contributed by atoms with Gasteiger partial charge in [0.15, 0.2) is 0 Å². The summed E-state index contributed by atoms with van der Waals surface area (Å²) in [7, 11) is -2.01. The van der Waals surface area contributed by atoms with E-state index >= 15 is 0 Å². The van der Waals surface area contributed by atoms with Crippen LogP contribution in [0.1, 0.15) is 35.1 Å². The van der Waals surface area contributed by atoms with E-state index in [2.05, 4.69) is 306 Å². The summed E-state index contributed by atoms with van der Waals surface area (Å²) in [6.07, 6.45) is 17.6. The number of benzene rings is 8. The van der Waals surface area contributed by atoms with Crippen LogP contribution in [0.2, 0.25) is 39.3 Å². The van der Waals surface area contributed by atoms with Gasteiger partial charge in [-0.2, -0.15) is 12.2 Å². The van der Waals surface area contributed by atoms with Crippen LogP contribution in [0.15, 0.2) is 265 Å². The first kappa shape index (κ1) is 59.9. The van der Waals surface area contributed by atoms with Gasteiger partial charge in [-0.05, 0) is 0 Å². The van der Waals surface area contributed by atoms with Crippen molar-refractivity contribution in [2.75, 3.05) is 0 Å². The molecule has 0 amide bonds. The zero-order valence-electron chi connectivity index (χ0n) is 43.4. The van der Waals surface area contributed by atoms with Crippen LogP contribution in [0.5, 0.6) is 0 Å². The summed E-state index contributed by atoms with van der Waals surface area (Å²) in [6, 6.07) is 80.8. The molecule has 368 valence electrons. The second-order valence-corrected chi connectivity index (χ2v) is 32.3. The fourth-order valence-corrected chi connectivity index (χ4v) is 12.5. The number of fused-ring (bicyclic) bond motifs is 6. The standard InChI is InChI=1S/2C13H9.2C13H10.2C8H13Si.2ClH.2Zr/c2*1-3-7-12-10(5-1)9-11-6-2-4-8-13(11)12;2*1-3-7-12(8-4-1)11-13-9-5-2-6-10-13;2*1-9(2,3)8-6-4-5-7-8;;;;/h2*1-9H;2*1-10H;2*4,6H,5H2,1-3H3;2*1H;;/q2*-1;;;2*-1;;;2*+2/p-2. The zero-order valence-corrected chi connectivity index (χ0v) is 51.8. The minimum absolute atomic E-state index is 0. The molecule has 0 atom stereocenters. The molecule has 0 spiro atoms. The number of rotatable bonds is 6. The Balaban J connectivity index is 0.000000165. The van der Waals surface area contributed by atoms with E-state index in [4.69, 9.17) is 0 Å². The molecule has 0 heterocycles. The Morgan fingerprint density at radius 1 is 0.338 bits per heavy atom. The molecule has 0 aromatic heterocycles. The van der Waals surface area contributed by atoms with E-state index in [0.29, 0.717) is 0 Å². The summed E-state index contributed by atoms with van der Waals surface area (Å²) in [5, 5.41) is 13.8. The minimum Gasteiger partial charge on any atom is -0.126 e. The zero-order chi connectivity index (χ0) is 50.8. The SMILES string of the molecule is C[Si](C)(C)C1=[C-]CC=C1.C[Si](C)(C)C1=[C-]CC=C1.[Cl-].[Cl-].[Zr+2]=[C](c1ccccc1)c1ccccc1.[Zr+2]=[C](c1ccccc1)c1ccccc1.c1ccc2c(c1)[cH-]c1ccccc12.c1ccc2c(c1)[cH-]c1ccccc12. The van der Waals surface area contributed by atoms with Gasteiger partial charge in [-0.1, -0.05) is 112 Å². The van der Waals surface area contributed by atoms with Crippen LogP contribution in [0.25, 0.3) is 43.1 Å². The molecular formula is C68H64Cl2Si2Zr2-2. The number of hydrogen-bond donors (Lipinski definition) is 0. The summed E-state index contributed by atoms with van der Waals surface area (Å²) in [5.74, 6) is 0. The maximum absolute atomic E-state index is 3.36. The molecule has 10 aromatic carbocycles. The predicted octanol–water partition coefficient (Wildman–Crippen LogP) is 12.1. The van der Waals surface area contributed by atoms with Gasteiger partial charge in [0.1, 0.15) is 0 Å². The average Bonchev–Trinajstić information content (AvgIpc) is 4.28. The summed E-state index contributed by atoms with van der Waals surface area (Å²) < 4.78 is 2.83. The van der Waals surface area contributed by atoms with E-state index in [1.165, 1.54) is 131 Å². The van der Waals surface area contributed by atoms with E-state index in [9.17, 15) is 0 Å². The second-order valence-electron chi connectivity index (χ2n) is 19.7. The van der Waals surface area contributed by atoms with Gasteiger partial charge in [-0.15, -0.1) is 92.3 Å². The van der Waals surface area contributed by atoms with Crippen LogP contribution >= 0.6 is 0 Å². The van der Waals surface area contributed by atoms with E-state index in [0.717, 1.165) is 12.8 Å². The Morgan fingerprint density at radius 3 is 0.743 bits per heavy atom. The first-order chi connectivity index (χ1) is 34.9. The van der Waals surface area contributed by atoms with Gasteiger partial charge in [0.25, 0.3) is 0 Å². The second kappa shape index (κ2) is 29.9. The largest absolute Gasteiger partial charge is 0.126 e. The Morgan fingerprint density at radius 2 is 0.554 bits per heavy atom. The quantitative estimate of drug-likeness (QED) is 0.115. The van der Waals surface area contributed by atoms with E-state index < -0.39 is 16.1 Å². The third-order valence-electron chi connectivity index (χ3n) is 12.3. The van der Waals surface area contributed by atoms with Crippen molar-refractivity contribution in [3.8, 4) is 0 Å². The van der Waals surface area contributed by atoms with Crippen molar-refractivity contribution in [2.45, 2.75) is 52.1 Å². The number of halogens is 2. The van der Waals surface area contributed by atoms with Crippen LogP contribution < -0.4 is 24.8 Å². The normalized spacial score (nSPS) is 12.1. The maximum Gasteiger partial charge on any atom is -0.0771 e. The molecule has 2 aliphatic rings. The third-order valence-corrected chi connectivity index (χ3v) is 19.1. The van der Waals surface area contributed by atoms with Crippen molar-refractivity contribution in [1.29, 1.82) is 0 Å². The van der Waals surface area contributed by atoms with Crippen molar-refractivity contribution in [2.24, 2.45) is 0 Å². The van der Waals surface area contributed by atoms with Crippen LogP contribution in [0.4, 0.5) is 0 Å². The summed E-state index contributed by atoms with van der Waals surface area (Å²) >= 11 is 2.92. The van der Waals surface area contributed by atoms with Crippen molar-refractivity contribution in [1.82, 2.24) is 0 Å². The molecule has 0 saturated heterocycles. The van der Waals surface area contributed by atoms with Gasteiger partial charge < -0.3 is 24.8 Å². The Kier molecular flexibility index (Phi) is 24.2. The van der Waals surface area contributed by atoms with Gasteiger partial charge in [-0.3, -0.25) is 12.2 Å². The van der Waals surface area contributed by atoms with Gasteiger partial charge >= 0.3 is 198 Å². The Labute approximate surface area is 485 Å². The fourth-order valence-electron chi connectivity index (χ4n) is 8.40. The maximum atomic E-state index is 3.36. The molecule has 10 aromatic rings. The molecule has 0 aliphatic heterocycles. The van der Waals surface area contributed by atoms with Gasteiger partial charge in [-0.25, -0.2) is 22.5 Å². The van der Waals surface area contributed by atoms with E-state index in [-0.39, 0.29) is 24.8 Å². The molecule has 2 aliphatic carbocycles. The molecular weight excluding hydrogens is 1130 g/mol. The molecule has 0 saturated carbocycles. The summed E-state index contributed by atoms with van der Waals surface area (Å²) in [6.45, 7) is 14.1. The molecule has 6 heteroatoms. The van der Waals surface area contributed by atoms with Crippen LogP contribution in [0, 0.1) is 12.2 Å². The van der Waals surface area contributed by atoms with Gasteiger partial charge in [0, 0.05) is 16.1 Å². The monoisotopic (exact) mass is 1190 g/mol. The molecule has 0 bridgehead atoms. The Hall–Kier alpha value is -5.02.